The summed E-state index contributed by atoms with van der Waals surface area (Å²) in [7, 11) is 1.82. The number of carbonyl (C=O) groups excluding carboxylic acids is 1. The van der Waals surface area contributed by atoms with Crippen LogP contribution < -0.4 is 15.4 Å². The molecule has 1 saturated heterocycles. The lowest BCUT2D eigenvalue weighted by molar-refractivity contribution is -0.126. The second kappa shape index (κ2) is 10.1. The zero-order valence-electron chi connectivity index (χ0n) is 21.5. The molecule has 2 atom stereocenters. The number of thiophene rings is 1. The predicted octanol–water partition coefficient (Wildman–Crippen LogP) is 4.65. The van der Waals surface area contributed by atoms with E-state index in [2.05, 4.69) is 21.5 Å². The number of ether oxygens (including phenoxy) is 1. The quantitative estimate of drug-likeness (QED) is 0.345. The Morgan fingerprint density at radius 1 is 1.41 bits per heavy atom. The van der Waals surface area contributed by atoms with Gasteiger partial charge in [0.05, 0.1) is 28.3 Å². The minimum atomic E-state index is -0.769. The number of rotatable bonds is 6. The molecule has 0 spiro atoms. The molecule has 0 radical (unpaired) electrons. The minimum Gasteiger partial charge on any atom is -0.464 e. The number of likely N-dealkylation sites (N-methyl/N-ethyl adjacent to an activating group) is 1. The Labute approximate surface area is 227 Å². The van der Waals surface area contributed by atoms with E-state index in [0.717, 1.165) is 11.3 Å². The minimum absolute atomic E-state index is 0.0191. The van der Waals surface area contributed by atoms with Crippen LogP contribution in [0.5, 0.6) is 6.01 Å². The highest BCUT2D eigenvalue weighted by Crippen LogP contribution is 2.42. The van der Waals surface area contributed by atoms with Gasteiger partial charge < -0.3 is 20.3 Å². The molecule has 12 heteroatoms. The lowest BCUT2D eigenvalue weighted by Crippen LogP contribution is -2.43. The Hall–Kier alpha value is -4.37. The van der Waals surface area contributed by atoms with Gasteiger partial charge in [-0.1, -0.05) is 6.58 Å². The van der Waals surface area contributed by atoms with Gasteiger partial charge in [0.1, 0.15) is 33.9 Å². The molecule has 200 valence electrons. The van der Waals surface area contributed by atoms with Gasteiger partial charge in [0.25, 0.3) is 0 Å². The van der Waals surface area contributed by atoms with Crippen LogP contribution in [0.4, 0.5) is 19.6 Å². The summed E-state index contributed by atoms with van der Waals surface area (Å²) >= 11 is 0.925. The van der Waals surface area contributed by atoms with Crippen molar-refractivity contribution < 1.29 is 18.3 Å². The van der Waals surface area contributed by atoms with Crippen LogP contribution in [0, 0.1) is 23.0 Å². The molecule has 4 heterocycles. The van der Waals surface area contributed by atoms with Gasteiger partial charge >= 0.3 is 6.01 Å². The van der Waals surface area contributed by atoms with E-state index in [4.69, 9.17) is 10.5 Å². The van der Waals surface area contributed by atoms with E-state index >= 15 is 4.39 Å². The Morgan fingerprint density at radius 3 is 2.87 bits per heavy atom. The molecule has 0 bridgehead atoms. The topological polar surface area (TPSA) is 121 Å². The third-order valence-corrected chi connectivity index (χ3v) is 8.13. The van der Waals surface area contributed by atoms with E-state index in [9.17, 15) is 14.4 Å². The lowest BCUT2D eigenvalue weighted by atomic mass is 10.0. The van der Waals surface area contributed by atoms with Gasteiger partial charge in [-0.15, -0.1) is 11.3 Å². The van der Waals surface area contributed by atoms with Crippen LogP contribution in [0.3, 0.4) is 0 Å². The number of hydrogen-bond donors (Lipinski definition) is 1. The van der Waals surface area contributed by atoms with Crippen LogP contribution in [0.2, 0.25) is 0 Å². The molecule has 3 aromatic heterocycles. The highest BCUT2D eigenvalue weighted by atomic mass is 32.1. The first-order valence-corrected chi connectivity index (χ1v) is 13.1. The Kier molecular flexibility index (Phi) is 6.78. The summed E-state index contributed by atoms with van der Waals surface area (Å²) < 4.78 is 36.6. The summed E-state index contributed by atoms with van der Waals surface area (Å²) in [6, 6.07) is 4.28. The molecular formula is C27H25F2N7O2S. The largest absolute Gasteiger partial charge is 0.464 e. The highest BCUT2D eigenvalue weighted by Gasteiger charge is 2.37. The second-order valence-corrected chi connectivity index (χ2v) is 10.2. The van der Waals surface area contributed by atoms with E-state index in [1.165, 1.54) is 24.4 Å². The average molecular weight is 550 g/mol. The average Bonchev–Trinajstić information content (AvgIpc) is 3.48. The van der Waals surface area contributed by atoms with E-state index in [1.807, 2.05) is 24.9 Å². The Morgan fingerprint density at radius 2 is 2.18 bits per heavy atom. The number of pyridine rings is 1. The number of nitriles is 1. The van der Waals surface area contributed by atoms with Gasteiger partial charge in [-0.2, -0.15) is 15.2 Å². The Balaban J connectivity index is 1.69. The molecule has 1 amide bonds. The zero-order valence-corrected chi connectivity index (χ0v) is 22.4. The number of fused-ring (bicyclic) bond motifs is 2. The summed E-state index contributed by atoms with van der Waals surface area (Å²) in [5.41, 5.74) is 6.12. The number of carbonyl (C=O) groups is 1. The number of hydrogen-bond acceptors (Lipinski definition) is 9. The van der Waals surface area contributed by atoms with Crippen molar-refractivity contribution in [1.82, 2.24) is 19.9 Å². The van der Waals surface area contributed by atoms with Crippen LogP contribution in [0.15, 0.2) is 31.0 Å². The van der Waals surface area contributed by atoms with Crippen molar-refractivity contribution in [3.63, 3.8) is 0 Å². The lowest BCUT2D eigenvalue weighted by Gasteiger charge is -2.31. The number of halogens is 2. The van der Waals surface area contributed by atoms with Crippen LogP contribution in [-0.2, 0) is 4.79 Å². The molecule has 0 saturated carbocycles. The van der Waals surface area contributed by atoms with Crippen molar-refractivity contribution in [2.24, 2.45) is 0 Å². The smallest absolute Gasteiger partial charge is 0.319 e. The number of nitrogens with two attached hydrogens (primary N) is 1. The third kappa shape index (κ3) is 4.19. The maximum atomic E-state index is 16.3. The number of likely N-dealkylation sites (tertiary alicyclic amines) is 1. The van der Waals surface area contributed by atoms with E-state index in [0.29, 0.717) is 24.2 Å². The molecule has 1 aliphatic heterocycles. The SMILES string of the molecule is C=CC(=O)N1CCC(N(C)c2nc(OCC)nc3c(F)c(-c4ccc(F)c5sc(N)c(C#N)c45)ncc23)C1C. The van der Waals surface area contributed by atoms with Crippen molar-refractivity contribution in [2.45, 2.75) is 32.4 Å². The van der Waals surface area contributed by atoms with Crippen LogP contribution in [-0.4, -0.2) is 58.0 Å². The van der Waals surface area contributed by atoms with Crippen molar-refractivity contribution >= 4 is 49.1 Å². The van der Waals surface area contributed by atoms with E-state index < -0.39 is 11.6 Å². The summed E-state index contributed by atoms with van der Waals surface area (Å²) in [6.45, 7) is 8.10. The predicted molar refractivity (Wildman–Crippen MR) is 147 cm³/mol. The third-order valence-electron chi connectivity index (χ3n) is 7.11. The fourth-order valence-electron chi connectivity index (χ4n) is 5.20. The molecule has 39 heavy (non-hydrogen) atoms. The number of amides is 1. The first-order chi connectivity index (χ1) is 18.7. The van der Waals surface area contributed by atoms with Gasteiger partial charge in [0.15, 0.2) is 5.82 Å². The van der Waals surface area contributed by atoms with Crippen molar-refractivity contribution in [1.29, 1.82) is 5.26 Å². The number of anilines is 2. The number of nitrogens with zero attached hydrogens (tertiary/aromatic N) is 6. The Bertz CT molecular complexity index is 1680. The zero-order chi connectivity index (χ0) is 28.0. The van der Waals surface area contributed by atoms with Gasteiger partial charge in [-0.3, -0.25) is 9.78 Å². The fourth-order valence-corrected chi connectivity index (χ4v) is 6.15. The van der Waals surface area contributed by atoms with Gasteiger partial charge in [0.2, 0.25) is 5.91 Å². The molecule has 0 aliphatic carbocycles. The molecule has 9 nitrogen and oxygen atoms in total. The maximum Gasteiger partial charge on any atom is 0.319 e. The standard InChI is InChI=1S/C27H25F2N7O2S/c1-5-19(37)36-10-9-18(13(36)3)35(4)26-16-12-32-22(21(29)23(16)33-27(34-26)38-6-2)14-7-8-17(28)24-20(14)15(11-30)25(31)39-24/h5,7-8,12-13,18H,1,6,9-10,31H2,2-4H3. The second-order valence-electron chi connectivity index (χ2n) is 9.14. The van der Waals surface area contributed by atoms with E-state index in [-0.39, 0.29) is 68.0 Å². The number of benzene rings is 1. The molecule has 5 rings (SSSR count). The van der Waals surface area contributed by atoms with Crippen molar-refractivity contribution in [2.75, 3.05) is 30.8 Å². The maximum absolute atomic E-state index is 16.3. The summed E-state index contributed by atoms with van der Waals surface area (Å²) in [6.07, 6.45) is 3.42. The van der Waals surface area contributed by atoms with Crippen molar-refractivity contribution in [3.05, 3.63) is 48.2 Å². The first-order valence-electron chi connectivity index (χ1n) is 12.3. The first kappa shape index (κ1) is 26.2. The van der Waals surface area contributed by atoms with Crippen molar-refractivity contribution in [3.8, 4) is 23.3 Å². The molecule has 2 N–H and O–H groups in total. The molecular weight excluding hydrogens is 524 g/mol. The number of nitrogen functional groups attached to an aromatic ring is 1. The number of aromatic nitrogens is 3. The molecule has 2 unspecified atom stereocenters. The highest BCUT2D eigenvalue weighted by molar-refractivity contribution is 7.23. The summed E-state index contributed by atoms with van der Waals surface area (Å²) in [5.74, 6) is -1.09. The van der Waals surface area contributed by atoms with Crippen LogP contribution in [0.25, 0.3) is 32.2 Å². The molecule has 4 aromatic rings. The molecule has 1 aromatic carbocycles. The monoisotopic (exact) mass is 549 g/mol. The van der Waals surface area contributed by atoms with Crippen LogP contribution >= 0.6 is 11.3 Å². The van der Waals surface area contributed by atoms with Gasteiger partial charge in [-0.25, -0.2) is 8.78 Å². The van der Waals surface area contributed by atoms with E-state index in [1.54, 1.807) is 11.8 Å². The fraction of sp³-hybridized carbons (Fsp3) is 0.296. The van der Waals surface area contributed by atoms with Crippen LogP contribution in [0.1, 0.15) is 25.8 Å². The summed E-state index contributed by atoms with van der Waals surface area (Å²) in [4.78, 5) is 29.2. The molecule has 1 fully saturated rings. The molecule has 1 aliphatic rings. The normalized spacial score (nSPS) is 17.0. The van der Waals surface area contributed by atoms with Gasteiger partial charge in [-0.05, 0) is 38.5 Å². The van der Waals surface area contributed by atoms with Gasteiger partial charge in [0, 0.05) is 36.8 Å². The summed E-state index contributed by atoms with van der Waals surface area (Å²) in [5, 5.41) is 10.3.